The van der Waals surface area contributed by atoms with Gasteiger partial charge in [-0.05, 0) is 36.6 Å². The van der Waals surface area contributed by atoms with E-state index in [2.05, 4.69) is 15.3 Å². The number of hydrogen-bond donors (Lipinski definition) is 5. The number of nitrogens with one attached hydrogen (secondary N) is 3. The molecule has 2 heterocycles. The molecule has 6 N–H and O–H groups in total. The topological polar surface area (TPSA) is 161 Å². The van der Waals surface area contributed by atoms with Crippen molar-refractivity contribution in [2.24, 2.45) is 17.8 Å². The number of aromatic nitrogens is 2. The number of anilines is 2. The zero-order valence-corrected chi connectivity index (χ0v) is 16.4. The maximum absolute atomic E-state index is 11.1. The van der Waals surface area contributed by atoms with Crippen molar-refractivity contribution in [1.29, 1.82) is 10.8 Å². The van der Waals surface area contributed by atoms with Gasteiger partial charge in [-0.25, -0.2) is 9.97 Å². The molecule has 1 aromatic heterocycles. The number of nitrogens with two attached hydrogens (primary N) is 1. The Labute approximate surface area is 173 Å². The Hall–Kier alpha value is -3.53. The molecule has 10 nitrogen and oxygen atoms in total. The highest BCUT2D eigenvalue weighted by molar-refractivity contribution is 6.05. The third kappa shape index (κ3) is 3.69. The van der Waals surface area contributed by atoms with Gasteiger partial charge >= 0.3 is 5.97 Å². The third-order valence-corrected chi connectivity index (χ3v) is 5.61. The van der Waals surface area contributed by atoms with Crippen LogP contribution in [0, 0.1) is 28.6 Å². The standard InChI is InChI=1S/C20H23N7O3/c1-24-6-10-2-4-11(5-3-10)18(22)30-19(23)16-17(21)25-7-14(26-16)27-8-12-13(9-27)15(12)20(28)29/h2-5,7,12-13,15,22-24H,6,8-9H2,1H3,(H2,21,25)(H,28,29)/t12-,13?,15?/m0/s1. The minimum atomic E-state index is -0.749. The molecule has 0 spiro atoms. The molecule has 2 aromatic rings. The first-order valence-corrected chi connectivity index (χ1v) is 9.58. The van der Waals surface area contributed by atoms with Crippen LogP contribution in [-0.4, -0.2) is 53.0 Å². The van der Waals surface area contributed by atoms with Crippen LogP contribution in [0.1, 0.15) is 16.8 Å². The van der Waals surface area contributed by atoms with Gasteiger partial charge in [-0.15, -0.1) is 0 Å². The quantitative estimate of drug-likeness (QED) is 0.347. The third-order valence-electron chi connectivity index (χ3n) is 5.61. The second-order valence-electron chi connectivity index (χ2n) is 7.55. The number of carboxylic acids is 1. The molecule has 2 aliphatic rings. The van der Waals surface area contributed by atoms with Crippen molar-refractivity contribution in [3.8, 4) is 0 Å². The summed E-state index contributed by atoms with van der Waals surface area (Å²) in [6.07, 6.45) is 1.51. The Kier molecular flexibility index (Phi) is 5.08. The first-order chi connectivity index (χ1) is 14.4. The first kappa shape index (κ1) is 19.8. The van der Waals surface area contributed by atoms with Gasteiger partial charge in [0, 0.05) is 25.2 Å². The van der Waals surface area contributed by atoms with Gasteiger partial charge in [0.1, 0.15) is 5.82 Å². The predicted octanol–water partition coefficient (Wildman–Crippen LogP) is 0.913. The number of carboxylic acid groups (broad SMARTS) is 1. The van der Waals surface area contributed by atoms with Gasteiger partial charge in [0.15, 0.2) is 11.5 Å². The second-order valence-corrected chi connectivity index (χ2v) is 7.55. The molecular formula is C20H23N7O3. The van der Waals surface area contributed by atoms with Crippen molar-refractivity contribution in [3.05, 3.63) is 47.3 Å². The lowest BCUT2D eigenvalue weighted by Crippen LogP contribution is -2.28. The van der Waals surface area contributed by atoms with Gasteiger partial charge in [-0.3, -0.25) is 15.6 Å². The molecule has 3 atom stereocenters. The van der Waals surface area contributed by atoms with Crippen LogP contribution in [0.4, 0.5) is 11.6 Å². The largest absolute Gasteiger partial charge is 0.481 e. The maximum Gasteiger partial charge on any atom is 0.307 e. The average molecular weight is 409 g/mol. The van der Waals surface area contributed by atoms with Crippen LogP contribution in [0.2, 0.25) is 0 Å². The maximum atomic E-state index is 11.1. The van der Waals surface area contributed by atoms with Gasteiger partial charge < -0.3 is 25.8 Å². The molecule has 1 saturated carbocycles. The minimum Gasteiger partial charge on any atom is -0.481 e. The van der Waals surface area contributed by atoms with Crippen LogP contribution in [0.15, 0.2) is 30.5 Å². The molecule has 0 amide bonds. The molecule has 30 heavy (non-hydrogen) atoms. The number of rotatable bonds is 6. The second kappa shape index (κ2) is 7.71. The van der Waals surface area contributed by atoms with Gasteiger partial charge in [0.25, 0.3) is 0 Å². The highest BCUT2D eigenvalue weighted by Gasteiger charge is 2.60. The van der Waals surface area contributed by atoms with Crippen LogP contribution < -0.4 is 16.0 Å². The Morgan fingerprint density at radius 1 is 1.27 bits per heavy atom. The SMILES string of the molecule is CNCc1ccc(C(=N)OC(=N)c2nc(N3CC4C(C(=O)O)[C@H]4C3)cnc2N)cc1. The van der Waals surface area contributed by atoms with Gasteiger partial charge in [0.2, 0.25) is 11.8 Å². The fraction of sp³-hybridized carbons (Fsp3) is 0.350. The number of nitrogen functional groups attached to an aromatic ring is 1. The van der Waals surface area contributed by atoms with E-state index in [0.717, 1.165) is 5.56 Å². The lowest BCUT2D eigenvalue weighted by atomic mass is 10.1. The molecule has 2 fully saturated rings. The van der Waals surface area contributed by atoms with Crippen molar-refractivity contribution < 1.29 is 14.6 Å². The van der Waals surface area contributed by atoms with Crippen molar-refractivity contribution in [2.75, 3.05) is 30.8 Å². The van der Waals surface area contributed by atoms with E-state index >= 15 is 0 Å². The predicted molar refractivity (Wildman–Crippen MR) is 111 cm³/mol. The smallest absolute Gasteiger partial charge is 0.307 e. The summed E-state index contributed by atoms with van der Waals surface area (Å²) in [5.41, 5.74) is 7.54. The molecular weight excluding hydrogens is 386 g/mol. The molecule has 1 aliphatic heterocycles. The summed E-state index contributed by atoms with van der Waals surface area (Å²) in [5, 5.41) is 28.6. The van der Waals surface area contributed by atoms with Crippen molar-refractivity contribution in [3.63, 3.8) is 0 Å². The molecule has 2 unspecified atom stereocenters. The average Bonchev–Trinajstić information content (AvgIpc) is 3.24. The van der Waals surface area contributed by atoms with E-state index in [0.29, 0.717) is 31.0 Å². The summed E-state index contributed by atoms with van der Waals surface area (Å²) >= 11 is 0. The zero-order chi connectivity index (χ0) is 21.4. The number of hydrogen-bond acceptors (Lipinski definition) is 9. The molecule has 1 aromatic carbocycles. The van der Waals surface area contributed by atoms with Crippen LogP contribution >= 0.6 is 0 Å². The lowest BCUT2D eigenvalue weighted by molar-refractivity contribution is -0.139. The Bertz CT molecular complexity index is 996. The van der Waals surface area contributed by atoms with Crippen LogP contribution in [0.25, 0.3) is 0 Å². The van der Waals surface area contributed by atoms with Crippen molar-refractivity contribution in [2.45, 2.75) is 6.54 Å². The Morgan fingerprint density at radius 3 is 2.53 bits per heavy atom. The number of benzene rings is 1. The first-order valence-electron chi connectivity index (χ1n) is 9.58. The number of aliphatic carboxylic acids is 1. The summed E-state index contributed by atoms with van der Waals surface area (Å²) in [4.78, 5) is 21.6. The number of ether oxygens (including phenoxy) is 1. The Morgan fingerprint density at radius 2 is 1.93 bits per heavy atom. The Balaban J connectivity index is 1.43. The summed E-state index contributed by atoms with van der Waals surface area (Å²) in [5.74, 6) is -0.764. The van der Waals surface area contributed by atoms with Crippen LogP contribution in [-0.2, 0) is 16.1 Å². The van der Waals surface area contributed by atoms with E-state index in [1.165, 1.54) is 6.20 Å². The van der Waals surface area contributed by atoms with Gasteiger partial charge in [0.05, 0.1) is 12.1 Å². The van der Waals surface area contributed by atoms with E-state index in [1.807, 2.05) is 24.1 Å². The summed E-state index contributed by atoms with van der Waals surface area (Å²) in [6.45, 7) is 1.89. The van der Waals surface area contributed by atoms with E-state index < -0.39 is 5.97 Å². The molecule has 4 rings (SSSR count). The fourth-order valence-electron chi connectivity index (χ4n) is 3.98. The zero-order valence-electron chi connectivity index (χ0n) is 16.4. The van der Waals surface area contributed by atoms with E-state index in [-0.39, 0.29) is 41.1 Å². The molecule has 0 bridgehead atoms. The molecule has 156 valence electrons. The van der Waals surface area contributed by atoms with Crippen molar-refractivity contribution in [1.82, 2.24) is 15.3 Å². The van der Waals surface area contributed by atoms with Crippen LogP contribution in [0.3, 0.4) is 0 Å². The van der Waals surface area contributed by atoms with Crippen LogP contribution in [0.5, 0.6) is 0 Å². The molecule has 1 aliphatic carbocycles. The summed E-state index contributed by atoms with van der Waals surface area (Å²) in [6, 6.07) is 7.27. The van der Waals surface area contributed by atoms with E-state index in [9.17, 15) is 4.79 Å². The van der Waals surface area contributed by atoms with Gasteiger partial charge in [-0.2, -0.15) is 0 Å². The normalized spacial score (nSPS) is 21.8. The highest BCUT2D eigenvalue weighted by Crippen LogP contribution is 2.52. The molecule has 0 radical (unpaired) electrons. The van der Waals surface area contributed by atoms with Crippen molar-refractivity contribution >= 4 is 29.4 Å². The number of piperidine rings is 1. The monoisotopic (exact) mass is 409 g/mol. The van der Waals surface area contributed by atoms with E-state index in [1.54, 1.807) is 12.1 Å². The number of fused-ring (bicyclic) bond motifs is 1. The summed E-state index contributed by atoms with van der Waals surface area (Å²) < 4.78 is 5.37. The fourth-order valence-corrected chi connectivity index (χ4v) is 3.98. The molecule has 10 heteroatoms. The minimum absolute atomic E-state index is 0.0358. The summed E-state index contributed by atoms with van der Waals surface area (Å²) in [7, 11) is 1.86. The number of nitrogens with zero attached hydrogens (tertiary/aromatic N) is 3. The van der Waals surface area contributed by atoms with Gasteiger partial charge in [-0.1, -0.05) is 12.1 Å². The van der Waals surface area contributed by atoms with E-state index in [4.69, 9.17) is 26.4 Å². The number of carbonyl (C=O) groups is 1. The lowest BCUT2D eigenvalue weighted by Gasteiger charge is -2.20. The molecule has 1 saturated heterocycles. The highest BCUT2D eigenvalue weighted by atomic mass is 16.5.